The van der Waals surface area contributed by atoms with Crippen molar-refractivity contribution in [2.24, 2.45) is 0 Å². The normalized spacial score (nSPS) is 23.8. The Morgan fingerprint density at radius 2 is 2.11 bits per heavy atom. The molecule has 1 aliphatic heterocycles. The van der Waals surface area contributed by atoms with Crippen LogP contribution < -0.4 is 10.2 Å². The predicted octanol–water partition coefficient (Wildman–Crippen LogP) is 2.34. The Balaban J connectivity index is 1.76. The third kappa shape index (κ3) is 2.22. The van der Waals surface area contributed by atoms with Gasteiger partial charge in [0.2, 0.25) is 5.91 Å². The summed E-state index contributed by atoms with van der Waals surface area (Å²) in [4.78, 5) is 13.8. The number of hydrogen-bond donors (Lipinski definition) is 1. The van der Waals surface area contributed by atoms with Crippen LogP contribution in [0.3, 0.4) is 0 Å². The minimum absolute atomic E-state index is 0.0311. The van der Waals surface area contributed by atoms with Crippen LogP contribution in [0.15, 0.2) is 18.2 Å². The lowest BCUT2D eigenvalue weighted by atomic mass is 10.2. The van der Waals surface area contributed by atoms with Gasteiger partial charge in [-0.3, -0.25) is 4.79 Å². The molecule has 2 aliphatic rings. The number of benzene rings is 1. The van der Waals surface area contributed by atoms with E-state index in [1.165, 1.54) is 12.1 Å². The summed E-state index contributed by atoms with van der Waals surface area (Å²) < 4.78 is 13.4. The van der Waals surface area contributed by atoms with Crippen LogP contribution in [0.4, 0.5) is 10.1 Å². The lowest BCUT2D eigenvalue weighted by Gasteiger charge is -2.17. The number of nitrogens with one attached hydrogen (secondary N) is 1. The molecule has 96 valence electrons. The number of halogens is 2. The lowest BCUT2D eigenvalue weighted by Crippen LogP contribution is -2.39. The highest BCUT2D eigenvalue weighted by Gasteiger charge is 2.36. The zero-order chi connectivity index (χ0) is 12.7. The van der Waals surface area contributed by atoms with Crippen LogP contribution in [0.25, 0.3) is 0 Å². The molecule has 2 fully saturated rings. The van der Waals surface area contributed by atoms with Gasteiger partial charge in [0, 0.05) is 18.3 Å². The molecule has 0 bridgehead atoms. The first-order valence-electron chi connectivity index (χ1n) is 6.17. The van der Waals surface area contributed by atoms with Gasteiger partial charge in [-0.15, -0.1) is 0 Å². The van der Waals surface area contributed by atoms with E-state index in [9.17, 15) is 9.18 Å². The highest BCUT2D eigenvalue weighted by molar-refractivity contribution is 6.30. The Morgan fingerprint density at radius 1 is 1.33 bits per heavy atom. The molecule has 5 heteroatoms. The van der Waals surface area contributed by atoms with E-state index >= 15 is 0 Å². The fraction of sp³-hybridized carbons (Fsp3) is 0.462. The molecule has 1 aliphatic carbocycles. The van der Waals surface area contributed by atoms with Crippen molar-refractivity contribution < 1.29 is 9.18 Å². The maximum Gasteiger partial charge on any atom is 0.244 e. The standard InChI is InChI=1S/C13H14ClFN2O/c14-10-4-3-9(7-11(10)15)17-6-5-12(13(17)18)16-8-1-2-8/h3-4,7-8,12,16H,1-2,5-6H2. The van der Waals surface area contributed by atoms with Gasteiger partial charge >= 0.3 is 0 Å². The van der Waals surface area contributed by atoms with Gasteiger partial charge in [0.15, 0.2) is 0 Å². The van der Waals surface area contributed by atoms with E-state index in [1.54, 1.807) is 11.0 Å². The van der Waals surface area contributed by atoms with E-state index in [2.05, 4.69) is 5.32 Å². The highest BCUT2D eigenvalue weighted by atomic mass is 35.5. The van der Waals surface area contributed by atoms with Crippen LogP contribution >= 0.6 is 11.6 Å². The number of nitrogens with zero attached hydrogens (tertiary/aromatic N) is 1. The summed E-state index contributed by atoms with van der Waals surface area (Å²) in [6.07, 6.45) is 3.08. The number of hydrogen-bond acceptors (Lipinski definition) is 2. The molecule has 1 amide bonds. The van der Waals surface area contributed by atoms with Gasteiger partial charge in [0.25, 0.3) is 0 Å². The largest absolute Gasteiger partial charge is 0.311 e. The van der Waals surface area contributed by atoms with Crippen molar-refractivity contribution in [3.05, 3.63) is 29.0 Å². The van der Waals surface area contributed by atoms with Crippen molar-refractivity contribution in [3.8, 4) is 0 Å². The lowest BCUT2D eigenvalue weighted by molar-refractivity contribution is -0.118. The minimum Gasteiger partial charge on any atom is -0.311 e. The van der Waals surface area contributed by atoms with Crippen LogP contribution in [-0.4, -0.2) is 24.5 Å². The van der Waals surface area contributed by atoms with E-state index in [1.807, 2.05) is 0 Å². The molecule has 1 aromatic carbocycles. The SMILES string of the molecule is O=C1C(NC2CC2)CCN1c1ccc(Cl)c(F)c1. The monoisotopic (exact) mass is 268 g/mol. The van der Waals surface area contributed by atoms with E-state index in [4.69, 9.17) is 11.6 Å². The van der Waals surface area contributed by atoms with Gasteiger partial charge in [0.1, 0.15) is 5.82 Å². The van der Waals surface area contributed by atoms with E-state index in [-0.39, 0.29) is 17.0 Å². The van der Waals surface area contributed by atoms with E-state index in [0.717, 1.165) is 19.3 Å². The summed E-state index contributed by atoms with van der Waals surface area (Å²) in [5.74, 6) is -0.454. The zero-order valence-corrected chi connectivity index (χ0v) is 10.6. The van der Waals surface area contributed by atoms with Crippen LogP contribution in [0.1, 0.15) is 19.3 Å². The fourth-order valence-electron chi connectivity index (χ4n) is 2.28. The second kappa shape index (κ2) is 4.52. The van der Waals surface area contributed by atoms with Crippen LogP contribution in [0.2, 0.25) is 5.02 Å². The molecule has 3 rings (SSSR count). The number of amides is 1. The second-order valence-corrected chi connectivity index (χ2v) is 5.28. The molecule has 1 unspecified atom stereocenters. The molecular weight excluding hydrogens is 255 g/mol. The molecule has 1 heterocycles. The van der Waals surface area contributed by atoms with Crippen LogP contribution in [0, 0.1) is 5.82 Å². The molecular formula is C13H14ClFN2O. The van der Waals surface area contributed by atoms with Gasteiger partial charge in [-0.1, -0.05) is 11.6 Å². The first-order valence-corrected chi connectivity index (χ1v) is 6.55. The predicted molar refractivity (Wildman–Crippen MR) is 68.3 cm³/mol. The highest BCUT2D eigenvalue weighted by Crippen LogP contribution is 2.27. The maximum atomic E-state index is 13.4. The summed E-state index contributed by atoms with van der Waals surface area (Å²) in [5, 5.41) is 3.40. The van der Waals surface area contributed by atoms with Crippen molar-refractivity contribution in [1.29, 1.82) is 0 Å². The Kier molecular flexibility index (Phi) is 2.99. The Morgan fingerprint density at radius 3 is 2.78 bits per heavy atom. The zero-order valence-electron chi connectivity index (χ0n) is 9.83. The van der Waals surface area contributed by atoms with Crippen molar-refractivity contribution in [2.75, 3.05) is 11.4 Å². The quantitative estimate of drug-likeness (QED) is 0.913. The summed E-state index contributed by atoms with van der Waals surface area (Å²) in [6, 6.07) is 4.88. The van der Waals surface area contributed by atoms with Gasteiger partial charge < -0.3 is 10.2 Å². The topological polar surface area (TPSA) is 32.3 Å². The fourth-order valence-corrected chi connectivity index (χ4v) is 2.40. The molecule has 0 radical (unpaired) electrons. The number of carbonyl (C=O) groups is 1. The maximum absolute atomic E-state index is 13.4. The summed E-state index contributed by atoms with van der Waals surface area (Å²) >= 11 is 5.64. The van der Waals surface area contributed by atoms with Crippen LogP contribution in [0.5, 0.6) is 0 Å². The van der Waals surface area contributed by atoms with Gasteiger partial charge in [0.05, 0.1) is 11.1 Å². The molecule has 0 spiro atoms. The Hall–Kier alpha value is -1.13. The summed E-state index contributed by atoms with van der Waals surface area (Å²) in [5.41, 5.74) is 0.585. The average Bonchev–Trinajstić information content (AvgIpc) is 3.09. The van der Waals surface area contributed by atoms with Gasteiger partial charge in [-0.2, -0.15) is 0 Å². The van der Waals surface area contributed by atoms with E-state index < -0.39 is 5.82 Å². The molecule has 1 saturated carbocycles. The molecule has 1 saturated heterocycles. The molecule has 1 atom stereocenters. The first-order chi connectivity index (χ1) is 8.65. The second-order valence-electron chi connectivity index (χ2n) is 4.87. The molecule has 0 aromatic heterocycles. The van der Waals surface area contributed by atoms with Crippen LogP contribution in [-0.2, 0) is 4.79 Å². The average molecular weight is 269 g/mol. The molecule has 1 aromatic rings. The van der Waals surface area contributed by atoms with Gasteiger partial charge in [-0.25, -0.2) is 4.39 Å². The third-order valence-corrected chi connectivity index (χ3v) is 3.74. The summed E-state index contributed by atoms with van der Waals surface area (Å²) in [6.45, 7) is 0.629. The Labute approximate surface area is 110 Å². The minimum atomic E-state index is -0.486. The molecule has 1 N–H and O–H groups in total. The number of carbonyl (C=O) groups excluding carboxylic acids is 1. The molecule has 3 nitrogen and oxygen atoms in total. The Bertz CT molecular complexity index is 490. The van der Waals surface area contributed by atoms with Crippen molar-refractivity contribution in [3.63, 3.8) is 0 Å². The van der Waals surface area contributed by atoms with Crippen molar-refractivity contribution in [1.82, 2.24) is 5.32 Å². The molecule has 18 heavy (non-hydrogen) atoms. The smallest absolute Gasteiger partial charge is 0.244 e. The number of rotatable bonds is 3. The first kappa shape index (κ1) is 11.9. The van der Waals surface area contributed by atoms with Crippen molar-refractivity contribution in [2.45, 2.75) is 31.3 Å². The summed E-state index contributed by atoms with van der Waals surface area (Å²) in [7, 11) is 0. The number of anilines is 1. The van der Waals surface area contributed by atoms with Crippen molar-refractivity contribution >= 4 is 23.2 Å². The van der Waals surface area contributed by atoms with E-state index in [0.29, 0.717) is 18.3 Å². The van der Waals surface area contributed by atoms with Gasteiger partial charge in [-0.05, 0) is 37.5 Å². The third-order valence-electron chi connectivity index (χ3n) is 3.43.